The molecule has 0 aliphatic carbocycles. The van der Waals surface area contributed by atoms with Crippen LogP contribution in [0.3, 0.4) is 0 Å². The monoisotopic (exact) mass is 244 g/mol. The van der Waals surface area contributed by atoms with Gasteiger partial charge in [-0.3, -0.25) is 0 Å². The molecule has 13 heavy (non-hydrogen) atoms. The van der Waals surface area contributed by atoms with Crippen molar-refractivity contribution in [3.8, 4) is 0 Å². The second-order valence-corrected chi connectivity index (χ2v) is 4.63. The molecule has 0 saturated carbocycles. The second kappa shape index (κ2) is 10.0. The zero-order valence-electron chi connectivity index (χ0n) is 8.64. The lowest BCUT2D eigenvalue weighted by atomic mass is 10.1. The molecule has 1 heteroatoms. The van der Waals surface area contributed by atoms with Crippen molar-refractivity contribution in [2.75, 3.05) is 0 Å². The summed E-state index contributed by atoms with van der Waals surface area (Å²) in [6, 6.07) is 0. The maximum absolute atomic E-state index is 3.69. The van der Waals surface area contributed by atoms with Gasteiger partial charge in [0, 0.05) is 4.83 Å². The Hall–Kier alpha value is -0.0400. The van der Waals surface area contributed by atoms with E-state index in [0.717, 1.165) is 4.83 Å². The van der Waals surface area contributed by atoms with E-state index in [1.807, 2.05) is 12.2 Å². The van der Waals surface area contributed by atoms with Crippen molar-refractivity contribution in [2.24, 2.45) is 0 Å². The van der Waals surface area contributed by atoms with Crippen LogP contribution in [0, 0.1) is 0 Å². The Morgan fingerprint density at radius 2 is 2.08 bits per heavy atom. The van der Waals surface area contributed by atoms with Gasteiger partial charge in [0.15, 0.2) is 0 Å². The van der Waals surface area contributed by atoms with Gasteiger partial charge in [0.05, 0.1) is 0 Å². The summed E-state index contributed by atoms with van der Waals surface area (Å²) in [6.07, 6.45) is 13.8. The third kappa shape index (κ3) is 9.88. The Bertz CT molecular complexity index is 138. The highest BCUT2D eigenvalue weighted by atomic mass is 79.9. The van der Waals surface area contributed by atoms with E-state index in [1.54, 1.807) is 0 Å². The molecule has 0 fully saturated rings. The molecule has 0 radical (unpaired) electrons. The highest BCUT2D eigenvalue weighted by Crippen LogP contribution is 2.15. The van der Waals surface area contributed by atoms with Crippen molar-refractivity contribution >= 4 is 15.9 Å². The molecule has 0 spiro atoms. The zero-order valence-corrected chi connectivity index (χ0v) is 10.2. The molecule has 0 rings (SSSR count). The van der Waals surface area contributed by atoms with Gasteiger partial charge in [-0.05, 0) is 25.7 Å². The third-order valence-corrected chi connectivity index (χ3v) is 2.93. The van der Waals surface area contributed by atoms with Crippen LogP contribution in [-0.4, -0.2) is 4.83 Å². The van der Waals surface area contributed by atoms with Crippen molar-refractivity contribution in [3.63, 3.8) is 0 Å². The number of rotatable bonds is 8. The molecule has 1 atom stereocenters. The first-order valence-electron chi connectivity index (χ1n) is 5.22. The summed E-state index contributed by atoms with van der Waals surface area (Å²) < 4.78 is 0. The van der Waals surface area contributed by atoms with Gasteiger partial charge in [0.1, 0.15) is 0 Å². The first kappa shape index (κ1) is 13.0. The maximum Gasteiger partial charge on any atom is 0.0145 e. The van der Waals surface area contributed by atoms with Gasteiger partial charge in [-0.15, -0.1) is 0 Å². The van der Waals surface area contributed by atoms with Gasteiger partial charge in [0.2, 0.25) is 0 Å². The van der Waals surface area contributed by atoms with Gasteiger partial charge >= 0.3 is 0 Å². The summed E-state index contributed by atoms with van der Waals surface area (Å²) in [5, 5.41) is 0. The van der Waals surface area contributed by atoms with Crippen LogP contribution >= 0.6 is 15.9 Å². The van der Waals surface area contributed by atoms with E-state index in [0.29, 0.717) is 0 Å². The van der Waals surface area contributed by atoms with E-state index in [1.165, 1.54) is 38.5 Å². The molecule has 0 amide bonds. The largest absolute Gasteiger partial charge is 0.0991 e. The summed E-state index contributed by atoms with van der Waals surface area (Å²) >= 11 is 3.69. The van der Waals surface area contributed by atoms with Gasteiger partial charge in [-0.2, -0.15) is 0 Å². The molecule has 0 heterocycles. The van der Waals surface area contributed by atoms with Crippen molar-refractivity contribution in [1.82, 2.24) is 0 Å². The van der Waals surface area contributed by atoms with E-state index in [9.17, 15) is 0 Å². The van der Waals surface area contributed by atoms with E-state index >= 15 is 0 Å². The van der Waals surface area contributed by atoms with Crippen LogP contribution in [0.15, 0.2) is 24.8 Å². The van der Waals surface area contributed by atoms with Crippen molar-refractivity contribution in [2.45, 2.75) is 50.3 Å². The summed E-state index contributed by atoms with van der Waals surface area (Å²) in [4.78, 5) is 0.737. The standard InChI is InChI=1S/C12H21Br/c1-3-5-6-7-8-9-11-12(13)10-4-2/h3,5-6,12H,1,4,7-11H2,2H3. The van der Waals surface area contributed by atoms with Gasteiger partial charge in [-0.25, -0.2) is 0 Å². The molecule has 0 aliphatic rings. The number of hydrogen-bond acceptors (Lipinski definition) is 0. The summed E-state index contributed by atoms with van der Waals surface area (Å²) in [5.74, 6) is 0. The molecule has 0 saturated heterocycles. The normalized spacial score (nSPS) is 13.4. The van der Waals surface area contributed by atoms with Crippen LogP contribution in [0.2, 0.25) is 0 Å². The first-order chi connectivity index (χ1) is 6.31. The number of hydrogen-bond donors (Lipinski definition) is 0. The second-order valence-electron chi connectivity index (χ2n) is 3.33. The number of unbranched alkanes of at least 4 members (excludes halogenated alkanes) is 2. The molecule has 76 valence electrons. The molecule has 1 unspecified atom stereocenters. The molecule has 0 nitrogen and oxygen atoms in total. The van der Waals surface area contributed by atoms with Crippen LogP contribution in [0.4, 0.5) is 0 Å². The number of alkyl halides is 1. The Balaban J connectivity index is 3.15. The smallest absolute Gasteiger partial charge is 0.0145 e. The molecule has 0 aliphatic heterocycles. The lowest BCUT2D eigenvalue weighted by molar-refractivity contribution is 0.631. The quantitative estimate of drug-likeness (QED) is 0.325. The molecular weight excluding hydrogens is 224 g/mol. The number of halogens is 1. The van der Waals surface area contributed by atoms with Crippen LogP contribution < -0.4 is 0 Å². The first-order valence-corrected chi connectivity index (χ1v) is 6.14. The summed E-state index contributed by atoms with van der Waals surface area (Å²) in [6.45, 7) is 5.87. The van der Waals surface area contributed by atoms with Gasteiger partial charge in [-0.1, -0.05) is 60.5 Å². The molecule has 0 bridgehead atoms. The van der Waals surface area contributed by atoms with Crippen molar-refractivity contribution in [1.29, 1.82) is 0 Å². The molecule has 0 N–H and O–H groups in total. The summed E-state index contributed by atoms with van der Waals surface area (Å²) in [7, 11) is 0. The minimum Gasteiger partial charge on any atom is -0.0991 e. The fourth-order valence-corrected chi connectivity index (χ4v) is 2.06. The molecule has 0 aromatic rings. The van der Waals surface area contributed by atoms with E-state index in [4.69, 9.17) is 0 Å². The van der Waals surface area contributed by atoms with Gasteiger partial charge in [0.25, 0.3) is 0 Å². The van der Waals surface area contributed by atoms with Crippen LogP contribution in [0.25, 0.3) is 0 Å². The fourth-order valence-electron chi connectivity index (χ4n) is 1.28. The third-order valence-electron chi connectivity index (χ3n) is 2.01. The topological polar surface area (TPSA) is 0 Å². The minimum absolute atomic E-state index is 0.737. The zero-order chi connectivity index (χ0) is 9.94. The van der Waals surface area contributed by atoms with Crippen LogP contribution in [-0.2, 0) is 0 Å². The van der Waals surface area contributed by atoms with E-state index in [2.05, 4.69) is 35.5 Å². The average Bonchev–Trinajstić information content (AvgIpc) is 2.11. The maximum atomic E-state index is 3.69. The van der Waals surface area contributed by atoms with Crippen molar-refractivity contribution in [3.05, 3.63) is 24.8 Å². The predicted molar refractivity (Wildman–Crippen MR) is 65.4 cm³/mol. The molecule has 0 aromatic carbocycles. The average molecular weight is 245 g/mol. The fraction of sp³-hybridized carbons (Fsp3) is 0.667. The molecular formula is C12H21Br. The highest BCUT2D eigenvalue weighted by Gasteiger charge is 2.00. The Morgan fingerprint density at radius 1 is 1.31 bits per heavy atom. The Labute approximate surface area is 91.2 Å². The lowest BCUT2D eigenvalue weighted by Gasteiger charge is -2.06. The molecule has 0 aromatic heterocycles. The lowest BCUT2D eigenvalue weighted by Crippen LogP contribution is -1.95. The van der Waals surface area contributed by atoms with Crippen LogP contribution in [0.1, 0.15) is 45.4 Å². The van der Waals surface area contributed by atoms with Crippen molar-refractivity contribution < 1.29 is 0 Å². The summed E-state index contributed by atoms with van der Waals surface area (Å²) in [5.41, 5.74) is 0. The van der Waals surface area contributed by atoms with E-state index < -0.39 is 0 Å². The Kier molecular flexibility index (Phi) is 10.0. The predicted octanol–water partition coefficient (Wildman–Crippen LogP) is 4.85. The van der Waals surface area contributed by atoms with Crippen LogP contribution in [0.5, 0.6) is 0 Å². The minimum atomic E-state index is 0.737. The Morgan fingerprint density at radius 3 is 2.69 bits per heavy atom. The number of allylic oxidation sites excluding steroid dienone is 3. The van der Waals surface area contributed by atoms with E-state index in [-0.39, 0.29) is 0 Å². The SMILES string of the molecule is C=CC=CCCCCC(Br)CCC. The highest BCUT2D eigenvalue weighted by molar-refractivity contribution is 9.09. The van der Waals surface area contributed by atoms with Gasteiger partial charge < -0.3 is 0 Å².